The molecule has 1 aromatic heterocycles. The Morgan fingerprint density at radius 3 is 2.59 bits per heavy atom. The number of nitrogens with zero attached hydrogens (tertiary/aromatic N) is 4. The van der Waals surface area contributed by atoms with Gasteiger partial charge < -0.3 is 5.11 Å². The molecule has 0 aliphatic heterocycles. The Hall–Kier alpha value is -3.28. The van der Waals surface area contributed by atoms with Crippen molar-refractivity contribution in [1.82, 2.24) is 15.2 Å². The summed E-state index contributed by atoms with van der Waals surface area (Å²) in [5.74, 6) is 0.443. The summed E-state index contributed by atoms with van der Waals surface area (Å²) in [6, 6.07) is 16.6. The number of phenolic OH excluding ortho intramolecular Hbond substituents is 1. The van der Waals surface area contributed by atoms with Crippen molar-refractivity contribution >= 4 is 12.2 Å². The van der Waals surface area contributed by atoms with Crippen molar-refractivity contribution in [3.05, 3.63) is 66.4 Å². The molecule has 0 aliphatic rings. The lowest BCUT2D eigenvalue weighted by Gasteiger charge is -2.02. The zero-order valence-corrected chi connectivity index (χ0v) is 11.6. The zero-order chi connectivity index (χ0) is 15.2. The molecule has 1 heterocycles. The number of phenols is 1. The van der Waals surface area contributed by atoms with E-state index >= 15 is 0 Å². The predicted molar refractivity (Wildman–Crippen MR) is 84.6 cm³/mol. The molecule has 0 bridgehead atoms. The highest BCUT2D eigenvalue weighted by Gasteiger charge is 2.02. The van der Waals surface area contributed by atoms with Crippen LogP contribution < -0.4 is 5.43 Å². The van der Waals surface area contributed by atoms with Gasteiger partial charge in [-0.1, -0.05) is 42.5 Å². The first-order valence-corrected chi connectivity index (χ1v) is 6.65. The lowest BCUT2D eigenvalue weighted by atomic mass is 10.2. The Labute approximate surface area is 127 Å². The van der Waals surface area contributed by atoms with Crippen LogP contribution in [0.25, 0.3) is 11.3 Å². The quantitative estimate of drug-likeness (QED) is 0.570. The molecule has 0 saturated heterocycles. The van der Waals surface area contributed by atoms with Gasteiger partial charge in [-0.25, -0.2) is 10.4 Å². The first-order valence-electron chi connectivity index (χ1n) is 6.65. The molecule has 0 atom stereocenters. The molecular formula is C16H13N5O. The molecule has 0 radical (unpaired) electrons. The summed E-state index contributed by atoms with van der Waals surface area (Å²) in [5, 5.41) is 21.4. The number of hydrogen-bond donors (Lipinski definition) is 2. The Bertz CT molecular complexity index is 789. The van der Waals surface area contributed by atoms with Gasteiger partial charge in [-0.3, -0.25) is 0 Å². The van der Waals surface area contributed by atoms with Crippen LogP contribution >= 0.6 is 0 Å². The van der Waals surface area contributed by atoms with E-state index in [0.717, 1.165) is 5.56 Å². The number of hydrazone groups is 1. The smallest absolute Gasteiger partial charge is 0.263 e. The molecule has 108 valence electrons. The van der Waals surface area contributed by atoms with Crippen LogP contribution in [0, 0.1) is 0 Å². The van der Waals surface area contributed by atoms with Crippen LogP contribution in [0.15, 0.2) is 65.9 Å². The van der Waals surface area contributed by atoms with Crippen LogP contribution in [0.1, 0.15) is 5.56 Å². The van der Waals surface area contributed by atoms with Gasteiger partial charge >= 0.3 is 0 Å². The van der Waals surface area contributed by atoms with Gasteiger partial charge in [0.25, 0.3) is 5.95 Å². The Kier molecular flexibility index (Phi) is 4.01. The van der Waals surface area contributed by atoms with Crippen LogP contribution in [0.5, 0.6) is 5.75 Å². The van der Waals surface area contributed by atoms with E-state index in [0.29, 0.717) is 11.3 Å². The van der Waals surface area contributed by atoms with Crippen LogP contribution in [0.2, 0.25) is 0 Å². The van der Waals surface area contributed by atoms with Gasteiger partial charge in [-0.15, -0.1) is 5.10 Å². The Morgan fingerprint density at radius 1 is 1.00 bits per heavy atom. The predicted octanol–water partition coefficient (Wildman–Crippen LogP) is 2.69. The van der Waals surface area contributed by atoms with E-state index in [1.54, 1.807) is 24.4 Å². The van der Waals surface area contributed by atoms with Gasteiger partial charge in [0.05, 0.1) is 18.1 Å². The fourth-order valence-electron chi connectivity index (χ4n) is 1.86. The average Bonchev–Trinajstić information content (AvgIpc) is 2.58. The molecular weight excluding hydrogens is 278 g/mol. The van der Waals surface area contributed by atoms with Crippen molar-refractivity contribution in [2.45, 2.75) is 0 Å². The number of rotatable bonds is 4. The second kappa shape index (κ2) is 6.45. The highest BCUT2D eigenvalue weighted by atomic mass is 16.3. The number of anilines is 1. The zero-order valence-electron chi connectivity index (χ0n) is 11.6. The summed E-state index contributed by atoms with van der Waals surface area (Å²) in [7, 11) is 0. The molecule has 0 amide bonds. The monoisotopic (exact) mass is 291 g/mol. The van der Waals surface area contributed by atoms with Gasteiger partial charge in [0.15, 0.2) is 0 Å². The summed E-state index contributed by atoms with van der Waals surface area (Å²) in [4.78, 5) is 4.34. The minimum absolute atomic E-state index is 0.158. The maximum absolute atomic E-state index is 9.64. The van der Waals surface area contributed by atoms with Gasteiger partial charge in [0.1, 0.15) is 5.75 Å². The van der Waals surface area contributed by atoms with Gasteiger partial charge in [0, 0.05) is 11.1 Å². The summed E-state index contributed by atoms with van der Waals surface area (Å²) in [6.45, 7) is 0. The summed E-state index contributed by atoms with van der Waals surface area (Å²) < 4.78 is 0. The third-order valence-corrected chi connectivity index (χ3v) is 2.93. The summed E-state index contributed by atoms with van der Waals surface area (Å²) in [6.07, 6.45) is 3.08. The fourth-order valence-corrected chi connectivity index (χ4v) is 1.86. The van der Waals surface area contributed by atoms with Crippen LogP contribution in [-0.2, 0) is 0 Å². The van der Waals surface area contributed by atoms with Crippen molar-refractivity contribution < 1.29 is 5.11 Å². The van der Waals surface area contributed by atoms with Gasteiger partial charge in [-0.05, 0) is 12.1 Å². The third-order valence-electron chi connectivity index (χ3n) is 2.93. The molecule has 6 heteroatoms. The maximum atomic E-state index is 9.64. The van der Waals surface area contributed by atoms with Crippen molar-refractivity contribution in [2.24, 2.45) is 5.10 Å². The van der Waals surface area contributed by atoms with Crippen LogP contribution in [-0.4, -0.2) is 26.5 Å². The fraction of sp³-hybridized carbons (Fsp3) is 0. The molecule has 0 saturated carbocycles. The number of para-hydroxylation sites is 1. The highest BCUT2D eigenvalue weighted by Crippen LogP contribution is 2.16. The molecule has 3 rings (SSSR count). The minimum atomic E-state index is 0.158. The van der Waals surface area contributed by atoms with E-state index < -0.39 is 0 Å². The van der Waals surface area contributed by atoms with E-state index in [1.165, 1.54) is 6.21 Å². The lowest BCUT2D eigenvalue weighted by molar-refractivity contribution is 0.474. The van der Waals surface area contributed by atoms with Gasteiger partial charge in [-0.2, -0.15) is 10.2 Å². The van der Waals surface area contributed by atoms with E-state index in [4.69, 9.17) is 0 Å². The first kappa shape index (κ1) is 13.7. The molecule has 0 spiro atoms. The van der Waals surface area contributed by atoms with Crippen molar-refractivity contribution in [3.8, 4) is 17.0 Å². The molecule has 0 aliphatic carbocycles. The van der Waals surface area contributed by atoms with E-state index in [9.17, 15) is 5.11 Å². The number of aromatic hydroxyl groups is 1. The molecule has 0 unspecified atom stereocenters. The van der Waals surface area contributed by atoms with E-state index in [-0.39, 0.29) is 11.7 Å². The van der Waals surface area contributed by atoms with E-state index in [1.807, 2.05) is 36.4 Å². The van der Waals surface area contributed by atoms with Crippen molar-refractivity contribution in [1.29, 1.82) is 0 Å². The standard InChI is InChI=1S/C16H13N5O/c22-15-9-5-4-8-13(15)10-17-20-16-19-14(11-18-21-16)12-6-2-1-3-7-12/h1-11,22H,(H,19,20,21)/b17-10+. The third kappa shape index (κ3) is 3.24. The number of nitrogens with one attached hydrogen (secondary N) is 1. The lowest BCUT2D eigenvalue weighted by Crippen LogP contribution is -2.00. The van der Waals surface area contributed by atoms with E-state index in [2.05, 4.69) is 25.7 Å². The number of aromatic nitrogens is 3. The first-order chi connectivity index (χ1) is 10.8. The molecule has 2 aromatic carbocycles. The second-order valence-electron chi connectivity index (χ2n) is 4.46. The normalized spacial score (nSPS) is 10.7. The second-order valence-corrected chi connectivity index (χ2v) is 4.46. The van der Waals surface area contributed by atoms with Crippen molar-refractivity contribution in [2.75, 3.05) is 5.43 Å². The molecule has 3 aromatic rings. The summed E-state index contributed by atoms with van der Waals surface area (Å²) >= 11 is 0. The summed E-state index contributed by atoms with van der Waals surface area (Å²) in [5.41, 5.74) is 4.96. The maximum Gasteiger partial charge on any atom is 0.263 e. The Morgan fingerprint density at radius 2 is 1.77 bits per heavy atom. The van der Waals surface area contributed by atoms with Crippen LogP contribution in [0.4, 0.5) is 5.95 Å². The average molecular weight is 291 g/mol. The minimum Gasteiger partial charge on any atom is -0.507 e. The topological polar surface area (TPSA) is 83.3 Å². The number of benzene rings is 2. The highest BCUT2D eigenvalue weighted by molar-refractivity contribution is 5.83. The molecule has 0 fully saturated rings. The SMILES string of the molecule is Oc1ccccc1/C=N/Nc1nncc(-c2ccccc2)n1. The molecule has 22 heavy (non-hydrogen) atoms. The Balaban J connectivity index is 1.75. The van der Waals surface area contributed by atoms with Gasteiger partial charge in [0.2, 0.25) is 0 Å². The van der Waals surface area contributed by atoms with Crippen molar-refractivity contribution in [3.63, 3.8) is 0 Å². The number of hydrogen-bond acceptors (Lipinski definition) is 6. The van der Waals surface area contributed by atoms with Crippen LogP contribution in [0.3, 0.4) is 0 Å². The molecule has 2 N–H and O–H groups in total. The largest absolute Gasteiger partial charge is 0.507 e. The molecule has 6 nitrogen and oxygen atoms in total.